The fourth-order valence-corrected chi connectivity index (χ4v) is 10.6. The van der Waals surface area contributed by atoms with Gasteiger partial charge in [-0.25, -0.2) is 0 Å². The number of benzene rings is 12. The van der Waals surface area contributed by atoms with Gasteiger partial charge in [-0.3, -0.25) is 0 Å². The standard InChI is InChI=1S/C62H38O/c1-3-17-39(18-4-1)43-34-35-55(45-22-8-7-21-44(43)45)62-53-29-15-13-27-51(53)60(52-28-14-16-30-54(52)62)41-32-36-57-56(37-41)46-33-31-42(38-58(46)63-57)61-49-25-11-9-23-47(49)59(40-19-5-2-6-20-40)48-24-10-12-26-50(48)61/h1-38H. The molecule has 13 rings (SSSR count). The lowest BCUT2D eigenvalue weighted by atomic mass is 9.83. The maximum atomic E-state index is 6.76. The highest BCUT2D eigenvalue weighted by Crippen LogP contribution is 2.48. The Bertz CT molecular complexity index is 3840. The zero-order valence-electron chi connectivity index (χ0n) is 34.3. The highest BCUT2D eigenvalue weighted by Gasteiger charge is 2.21. The highest BCUT2D eigenvalue weighted by atomic mass is 16.3. The lowest BCUT2D eigenvalue weighted by Crippen LogP contribution is -1.92. The second-order valence-electron chi connectivity index (χ2n) is 16.6. The van der Waals surface area contributed by atoms with Gasteiger partial charge in [-0.1, -0.05) is 206 Å². The molecular weight excluding hydrogens is 761 g/mol. The van der Waals surface area contributed by atoms with Crippen molar-refractivity contribution in [1.29, 1.82) is 0 Å². The smallest absolute Gasteiger partial charge is 0.136 e. The van der Waals surface area contributed by atoms with Crippen LogP contribution in [0.4, 0.5) is 0 Å². The summed E-state index contributed by atoms with van der Waals surface area (Å²) in [7, 11) is 0. The number of hydrogen-bond donors (Lipinski definition) is 0. The van der Waals surface area contributed by atoms with E-state index in [0.29, 0.717) is 0 Å². The van der Waals surface area contributed by atoms with E-state index in [4.69, 9.17) is 4.42 Å². The van der Waals surface area contributed by atoms with Crippen LogP contribution in [-0.2, 0) is 0 Å². The Morgan fingerprint density at radius 1 is 0.190 bits per heavy atom. The summed E-state index contributed by atoms with van der Waals surface area (Å²) in [5.74, 6) is 0. The van der Waals surface area contributed by atoms with Crippen molar-refractivity contribution < 1.29 is 4.42 Å². The van der Waals surface area contributed by atoms with Crippen molar-refractivity contribution in [3.8, 4) is 55.6 Å². The molecule has 0 bridgehead atoms. The van der Waals surface area contributed by atoms with Crippen LogP contribution < -0.4 is 0 Å². The van der Waals surface area contributed by atoms with Crippen LogP contribution in [0.15, 0.2) is 235 Å². The molecule has 0 aliphatic carbocycles. The Balaban J connectivity index is 0.998. The molecule has 0 radical (unpaired) electrons. The first-order valence-corrected chi connectivity index (χ1v) is 21.8. The molecule has 12 aromatic carbocycles. The van der Waals surface area contributed by atoms with Crippen LogP contribution in [0, 0.1) is 0 Å². The van der Waals surface area contributed by atoms with E-state index in [-0.39, 0.29) is 0 Å². The van der Waals surface area contributed by atoms with Gasteiger partial charge in [0.15, 0.2) is 0 Å². The van der Waals surface area contributed by atoms with Crippen LogP contribution in [0.1, 0.15) is 0 Å². The summed E-state index contributed by atoms with van der Waals surface area (Å²) in [6, 6.07) is 84.1. The first-order valence-electron chi connectivity index (χ1n) is 21.8. The number of hydrogen-bond acceptors (Lipinski definition) is 1. The van der Waals surface area contributed by atoms with Crippen LogP contribution in [0.5, 0.6) is 0 Å². The van der Waals surface area contributed by atoms with E-state index < -0.39 is 0 Å². The Labute approximate surface area is 364 Å². The molecule has 1 aromatic heterocycles. The van der Waals surface area contributed by atoms with Crippen molar-refractivity contribution >= 4 is 75.8 Å². The van der Waals surface area contributed by atoms with Crippen molar-refractivity contribution in [2.75, 3.05) is 0 Å². The summed E-state index contributed by atoms with van der Waals surface area (Å²) in [5, 5.41) is 14.6. The van der Waals surface area contributed by atoms with Gasteiger partial charge in [0.1, 0.15) is 11.2 Å². The van der Waals surface area contributed by atoms with Crippen LogP contribution in [0.3, 0.4) is 0 Å². The van der Waals surface area contributed by atoms with E-state index in [0.717, 1.165) is 27.5 Å². The van der Waals surface area contributed by atoms with Crippen molar-refractivity contribution in [1.82, 2.24) is 0 Å². The fourth-order valence-electron chi connectivity index (χ4n) is 10.6. The zero-order chi connectivity index (χ0) is 41.4. The summed E-state index contributed by atoms with van der Waals surface area (Å²) < 4.78 is 6.76. The minimum Gasteiger partial charge on any atom is -0.456 e. The molecule has 0 saturated heterocycles. The van der Waals surface area contributed by atoms with Crippen LogP contribution in [0.25, 0.3) is 131 Å². The monoisotopic (exact) mass is 798 g/mol. The Hall–Kier alpha value is -8.26. The molecule has 0 aliphatic heterocycles. The molecule has 0 saturated carbocycles. The van der Waals surface area contributed by atoms with Gasteiger partial charge in [-0.15, -0.1) is 0 Å². The van der Waals surface area contributed by atoms with Crippen LogP contribution in [0.2, 0.25) is 0 Å². The predicted octanol–water partition coefficient (Wildman–Crippen LogP) is 17.7. The molecule has 0 amide bonds. The van der Waals surface area contributed by atoms with E-state index in [9.17, 15) is 0 Å². The molecule has 1 heterocycles. The van der Waals surface area contributed by atoms with Gasteiger partial charge in [-0.05, 0) is 134 Å². The second kappa shape index (κ2) is 14.2. The molecule has 1 heteroatoms. The molecule has 0 N–H and O–H groups in total. The molecule has 292 valence electrons. The van der Waals surface area contributed by atoms with Crippen molar-refractivity contribution in [2.45, 2.75) is 0 Å². The van der Waals surface area contributed by atoms with E-state index in [1.165, 1.54) is 104 Å². The first-order chi connectivity index (χ1) is 31.3. The Morgan fingerprint density at radius 2 is 0.571 bits per heavy atom. The summed E-state index contributed by atoms with van der Waals surface area (Å²) in [6.45, 7) is 0. The normalized spacial score (nSPS) is 11.8. The summed E-state index contributed by atoms with van der Waals surface area (Å²) >= 11 is 0. The van der Waals surface area contributed by atoms with Gasteiger partial charge >= 0.3 is 0 Å². The van der Waals surface area contributed by atoms with Gasteiger partial charge in [-0.2, -0.15) is 0 Å². The molecule has 0 fully saturated rings. The highest BCUT2D eigenvalue weighted by molar-refractivity contribution is 6.25. The summed E-state index contributed by atoms with van der Waals surface area (Å²) in [4.78, 5) is 0. The number of furan rings is 1. The predicted molar refractivity (Wildman–Crippen MR) is 268 cm³/mol. The van der Waals surface area contributed by atoms with E-state index in [2.05, 4.69) is 231 Å². The second-order valence-corrected chi connectivity index (χ2v) is 16.6. The largest absolute Gasteiger partial charge is 0.456 e. The van der Waals surface area contributed by atoms with Crippen molar-refractivity contribution in [2.24, 2.45) is 0 Å². The topological polar surface area (TPSA) is 13.1 Å². The molecule has 0 atom stereocenters. The minimum atomic E-state index is 0.884. The van der Waals surface area contributed by atoms with Gasteiger partial charge in [0.05, 0.1) is 0 Å². The molecule has 0 spiro atoms. The molecule has 0 unspecified atom stereocenters. The fraction of sp³-hybridized carbons (Fsp3) is 0. The quantitative estimate of drug-likeness (QED) is 0.158. The van der Waals surface area contributed by atoms with Gasteiger partial charge in [0, 0.05) is 10.8 Å². The molecule has 1 nitrogen and oxygen atoms in total. The van der Waals surface area contributed by atoms with Crippen LogP contribution in [-0.4, -0.2) is 0 Å². The maximum absolute atomic E-state index is 6.76. The Kier molecular flexibility index (Phi) is 7.98. The van der Waals surface area contributed by atoms with Crippen molar-refractivity contribution in [3.05, 3.63) is 231 Å². The Morgan fingerprint density at radius 3 is 1.10 bits per heavy atom. The van der Waals surface area contributed by atoms with Gasteiger partial charge in [0.2, 0.25) is 0 Å². The van der Waals surface area contributed by atoms with Gasteiger partial charge in [0.25, 0.3) is 0 Å². The third-order valence-electron chi connectivity index (χ3n) is 13.3. The third kappa shape index (κ3) is 5.50. The summed E-state index contributed by atoms with van der Waals surface area (Å²) in [6.07, 6.45) is 0. The van der Waals surface area contributed by atoms with E-state index >= 15 is 0 Å². The first kappa shape index (κ1) is 35.5. The van der Waals surface area contributed by atoms with Crippen molar-refractivity contribution in [3.63, 3.8) is 0 Å². The minimum absolute atomic E-state index is 0.884. The SMILES string of the molecule is c1ccc(-c2ccc(-c3c4ccccc4c(-c4ccc5oc6cc(-c7c8ccccc8c(-c8ccccc8)c8ccccc78)ccc6c5c4)c4ccccc34)c3ccccc23)cc1. The lowest BCUT2D eigenvalue weighted by molar-refractivity contribution is 0.669. The molecule has 63 heavy (non-hydrogen) atoms. The maximum Gasteiger partial charge on any atom is 0.136 e. The molecule has 0 aliphatic rings. The molecule has 13 aromatic rings. The van der Waals surface area contributed by atoms with Gasteiger partial charge < -0.3 is 4.42 Å². The average Bonchev–Trinajstić information content (AvgIpc) is 3.72. The summed E-state index contributed by atoms with van der Waals surface area (Å²) in [5.41, 5.74) is 14.0. The lowest BCUT2D eigenvalue weighted by Gasteiger charge is -2.19. The molecular formula is C62H38O. The van der Waals surface area contributed by atoms with Crippen LogP contribution >= 0.6 is 0 Å². The van der Waals surface area contributed by atoms with E-state index in [1.54, 1.807) is 0 Å². The number of fused-ring (bicyclic) bond motifs is 8. The zero-order valence-corrected chi connectivity index (χ0v) is 34.3. The average molecular weight is 799 g/mol. The van der Waals surface area contributed by atoms with E-state index in [1.807, 2.05) is 0 Å². The number of rotatable bonds is 5. The third-order valence-corrected chi connectivity index (χ3v) is 13.3.